The molecule has 0 aliphatic rings. The second-order valence-corrected chi connectivity index (χ2v) is 9.52. The van der Waals surface area contributed by atoms with Crippen molar-refractivity contribution in [3.05, 3.63) is 101 Å². The molecule has 0 saturated carbocycles. The fourth-order valence-electron chi connectivity index (χ4n) is 3.88. The summed E-state index contributed by atoms with van der Waals surface area (Å²) in [6.07, 6.45) is -0.00398. The Labute approximate surface area is 214 Å². The highest BCUT2D eigenvalue weighted by Gasteiger charge is 2.28. The zero-order chi connectivity index (χ0) is 25.3. The molecule has 0 fully saturated rings. The second-order valence-electron chi connectivity index (χ2n) is 8.49. The van der Waals surface area contributed by atoms with E-state index in [-0.39, 0.29) is 11.8 Å². The first kappa shape index (κ1) is 25.5. The van der Waals surface area contributed by atoms with Gasteiger partial charge in [0.2, 0.25) is 11.8 Å². The summed E-state index contributed by atoms with van der Waals surface area (Å²) < 4.78 is 5.77. The smallest absolute Gasteiger partial charge is 0.238 e. The number of hydrogen-bond donors (Lipinski definition) is 3. The van der Waals surface area contributed by atoms with Gasteiger partial charge in [-0.25, -0.2) is 4.98 Å². The maximum atomic E-state index is 13.0. The van der Waals surface area contributed by atoms with Crippen molar-refractivity contribution in [2.24, 2.45) is 5.73 Å². The van der Waals surface area contributed by atoms with Crippen molar-refractivity contribution in [1.29, 1.82) is 5.26 Å². The van der Waals surface area contributed by atoms with Gasteiger partial charge >= 0.3 is 0 Å². The number of nitrogens with one attached hydrogen (secondary N) is 1. The van der Waals surface area contributed by atoms with Crippen LogP contribution >= 0.6 is 11.8 Å². The van der Waals surface area contributed by atoms with E-state index in [0.29, 0.717) is 41.0 Å². The SMILES string of the molecule is N#Cc1ccccc1CSC[C@H](N)C(=O)N[C@@H](CCc1ccccc1)C(O)c1nc2ccccc2o1. The Balaban J connectivity index is 1.41. The number of thioether (sulfide) groups is 1. The van der Waals surface area contributed by atoms with E-state index < -0.39 is 18.2 Å². The summed E-state index contributed by atoms with van der Waals surface area (Å²) in [6, 6.07) is 25.3. The third kappa shape index (κ3) is 6.52. The molecule has 1 amide bonds. The lowest BCUT2D eigenvalue weighted by Gasteiger charge is -2.24. The molecule has 1 unspecified atom stereocenters. The molecule has 7 nitrogen and oxygen atoms in total. The van der Waals surface area contributed by atoms with Gasteiger partial charge in [0.25, 0.3) is 0 Å². The third-order valence-corrected chi connectivity index (χ3v) is 7.00. The zero-order valence-corrected chi connectivity index (χ0v) is 20.5. The molecule has 0 aliphatic carbocycles. The molecule has 3 atom stereocenters. The molecule has 4 aromatic rings. The predicted molar refractivity (Wildman–Crippen MR) is 141 cm³/mol. The maximum absolute atomic E-state index is 13.0. The van der Waals surface area contributed by atoms with Gasteiger partial charge in [-0.1, -0.05) is 60.7 Å². The number of aliphatic hydroxyl groups is 1. The van der Waals surface area contributed by atoms with Crippen molar-refractivity contribution in [2.45, 2.75) is 36.8 Å². The van der Waals surface area contributed by atoms with Crippen molar-refractivity contribution < 1.29 is 14.3 Å². The fraction of sp³-hybridized carbons (Fsp3) is 0.250. The Kier molecular flexibility index (Phi) is 8.74. The Morgan fingerprint density at radius 3 is 2.58 bits per heavy atom. The van der Waals surface area contributed by atoms with Crippen molar-refractivity contribution in [1.82, 2.24) is 10.3 Å². The van der Waals surface area contributed by atoms with Crippen molar-refractivity contribution in [3.8, 4) is 6.07 Å². The number of para-hydroxylation sites is 2. The molecule has 3 aromatic carbocycles. The standard InChI is InChI=1S/C28H28N4O3S/c29-16-20-10-4-5-11-21(20)17-36-18-22(30)27(34)31-24(15-14-19-8-2-1-3-9-19)26(33)28-32-23-12-6-7-13-25(23)35-28/h1-13,22,24,26,33H,14-15,17-18,30H2,(H,31,34)/t22-,24-,26?/m0/s1. The summed E-state index contributed by atoms with van der Waals surface area (Å²) >= 11 is 1.49. The topological polar surface area (TPSA) is 125 Å². The van der Waals surface area contributed by atoms with Gasteiger partial charge in [-0.05, 0) is 42.2 Å². The van der Waals surface area contributed by atoms with E-state index in [2.05, 4.69) is 16.4 Å². The quantitative estimate of drug-likeness (QED) is 0.283. The van der Waals surface area contributed by atoms with E-state index in [1.54, 1.807) is 12.1 Å². The minimum atomic E-state index is -1.13. The van der Waals surface area contributed by atoms with Gasteiger partial charge in [0.15, 0.2) is 11.7 Å². The monoisotopic (exact) mass is 500 g/mol. The minimum Gasteiger partial charge on any atom is -0.438 e. The molecular formula is C28H28N4O3S. The summed E-state index contributed by atoms with van der Waals surface area (Å²) in [4.78, 5) is 17.4. The first-order chi connectivity index (χ1) is 17.5. The Bertz CT molecular complexity index is 1300. The lowest BCUT2D eigenvalue weighted by atomic mass is 10.0. The number of fused-ring (bicyclic) bond motifs is 1. The van der Waals surface area contributed by atoms with Crippen LogP contribution in [0, 0.1) is 11.3 Å². The van der Waals surface area contributed by atoms with Gasteiger partial charge in [-0.3, -0.25) is 4.79 Å². The predicted octanol–water partition coefficient (Wildman–Crippen LogP) is 4.11. The largest absolute Gasteiger partial charge is 0.438 e. The summed E-state index contributed by atoms with van der Waals surface area (Å²) in [5.41, 5.74) is 10.0. The molecule has 8 heteroatoms. The number of nitrogens with zero attached hydrogens (tertiary/aromatic N) is 2. The molecule has 1 aromatic heterocycles. The van der Waals surface area contributed by atoms with E-state index >= 15 is 0 Å². The van der Waals surface area contributed by atoms with E-state index in [4.69, 9.17) is 10.2 Å². The molecule has 0 radical (unpaired) electrons. The number of benzene rings is 3. The van der Waals surface area contributed by atoms with Gasteiger partial charge < -0.3 is 20.6 Å². The maximum Gasteiger partial charge on any atom is 0.238 e. The average Bonchev–Trinajstić information content (AvgIpc) is 3.35. The molecule has 4 rings (SSSR count). The van der Waals surface area contributed by atoms with Gasteiger partial charge in [0.05, 0.1) is 23.7 Å². The van der Waals surface area contributed by atoms with E-state index in [1.807, 2.05) is 66.7 Å². The van der Waals surface area contributed by atoms with Gasteiger partial charge in [0.1, 0.15) is 5.52 Å². The highest BCUT2D eigenvalue weighted by molar-refractivity contribution is 7.98. The minimum absolute atomic E-state index is 0.158. The van der Waals surface area contributed by atoms with Crippen LogP contribution < -0.4 is 11.1 Å². The molecular weight excluding hydrogens is 472 g/mol. The number of oxazole rings is 1. The van der Waals surface area contributed by atoms with E-state index in [1.165, 1.54) is 11.8 Å². The molecule has 0 bridgehead atoms. The number of carbonyl (C=O) groups excluding carboxylic acids is 1. The normalized spacial score (nSPS) is 13.6. The summed E-state index contributed by atoms with van der Waals surface area (Å²) in [6.45, 7) is 0. The summed E-state index contributed by atoms with van der Waals surface area (Å²) in [5.74, 6) is 0.749. The number of rotatable bonds is 11. The second kappa shape index (κ2) is 12.4. The van der Waals surface area contributed by atoms with Crippen LogP contribution in [0.1, 0.15) is 35.1 Å². The van der Waals surface area contributed by atoms with Gasteiger partial charge in [0, 0.05) is 11.5 Å². The van der Waals surface area contributed by atoms with Crippen molar-refractivity contribution in [3.63, 3.8) is 0 Å². The van der Waals surface area contributed by atoms with Crippen LogP contribution in [-0.4, -0.2) is 33.8 Å². The number of amides is 1. The molecule has 4 N–H and O–H groups in total. The molecule has 184 valence electrons. The molecule has 0 spiro atoms. The highest BCUT2D eigenvalue weighted by atomic mass is 32.2. The van der Waals surface area contributed by atoms with Gasteiger partial charge in [-0.2, -0.15) is 17.0 Å². The Morgan fingerprint density at radius 2 is 1.81 bits per heavy atom. The van der Waals surface area contributed by atoms with E-state index in [9.17, 15) is 15.2 Å². The summed E-state index contributed by atoms with van der Waals surface area (Å²) in [5, 5.41) is 23.3. The Hall–Kier alpha value is -3.64. The summed E-state index contributed by atoms with van der Waals surface area (Å²) in [7, 11) is 0. The van der Waals surface area contributed by atoms with Crippen LogP contribution in [0.15, 0.2) is 83.3 Å². The fourth-order valence-corrected chi connectivity index (χ4v) is 4.88. The van der Waals surface area contributed by atoms with Crippen molar-refractivity contribution >= 4 is 28.8 Å². The van der Waals surface area contributed by atoms with Gasteiger partial charge in [-0.15, -0.1) is 0 Å². The first-order valence-corrected chi connectivity index (χ1v) is 12.9. The highest BCUT2D eigenvalue weighted by Crippen LogP contribution is 2.25. The van der Waals surface area contributed by atoms with E-state index in [0.717, 1.165) is 11.1 Å². The zero-order valence-electron chi connectivity index (χ0n) is 19.7. The van der Waals surface area contributed by atoms with Crippen LogP contribution in [0.2, 0.25) is 0 Å². The number of nitrogens with two attached hydrogens (primary N) is 1. The lowest BCUT2D eigenvalue weighted by molar-refractivity contribution is -0.123. The molecule has 36 heavy (non-hydrogen) atoms. The van der Waals surface area contributed by atoms with Crippen LogP contribution in [0.3, 0.4) is 0 Å². The first-order valence-electron chi connectivity index (χ1n) is 11.7. The molecule has 1 heterocycles. The Morgan fingerprint density at radius 1 is 1.08 bits per heavy atom. The third-order valence-electron chi connectivity index (χ3n) is 5.89. The number of aromatic nitrogens is 1. The molecule has 0 aliphatic heterocycles. The number of aryl methyl sites for hydroxylation is 1. The number of hydrogen-bond acceptors (Lipinski definition) is 7. The lowest BCUT2D eigenvalue weighted by Crippen LogP contribution is -2.48. The number of nitriles is 1. The van der Waals surface area contributed by atoms with Crippen LogP contribution in [0.4, 0.5) is 0 Å². The molecule has 0 saturated heterocycles. The number of aliphatic hydroxyl groups excluding tert-OH is 1. The van der Waals surface area contributed by atoms with Crippen LogP contribution in [0.5, 0.6) is 0 Å². The average molecular weight is 501 g/mol. The van der Waals surface area contributed by atoms with Crippen molar-refractivity contribution in [2.75, 3.05) is 5.75 Å². The van der Waals surface area contributed by atoms with Crippen LogP contribution in [-0.2, 0) is 17.0 Å². The van der Waals surface area contributed by atoms with Crippen LogP contribution in [0.25, 0.3) is 11.1 Å². The number of carbonyl (C=O) groups is 1.